The van der Waals surface area contributed by atoms with Crippen molar-refractivity contribution in [1.29, 1.82) is 0 Å². The lowest BCUT2D eigenvalue weighted by atomic mass is 9.78. The fourth-order valence-electron chi connectivity index (χ4n) is 4.00. The minimum absolute atomic E-state index is 0.233. The Hall–Kier alpha value is -3.19. The Morgan fingerprint density at radius 1 is 0.971 bits per heavy atom. The molecule has 2 rings (SSSR count). The van der Waals surface area contributed by atoms with Crippen molar-refractivity contribution in [1.82, 2.24) is 4.90 Å². The number of methoxy groups -OCH3 is 2. The molecule has 1 atom stereocenters. The van der Waals surface area contributed by atoms with E-state index in [1.807, 2.05) is 40.0 Å². The van der Waals surface area contributed by atoms with Crippen LogP contribution >= 0.6 is 0 Å². The maximum Gasteiger partial charge on any atom is 0.316 e. The van der Waals surface area contributed by atoms with Gasteiger partial charge in [-0.15, -0.1) is 0 Å². The van der Waals surface area contributed by atoms with Crippen LogP contribution in [0, 0.1) is 0 Å². The summed E-state index contributed by atoms with van der Waals surface area (Å²) in [6, 6.07) is 10.8. The number of hydrogen-bond donors (Lipinski definition) is 0. The number of rotatable bonds is 14. The molecule has 0 aliphatic carbocycles. The molecule has 0 spiro atoms. The predicted molar refractivity (Wildman–Crippen MR) is 136 cm³/mol. The van der Waals surface area contributed by atoms with Gasteiger partial charge in [-0.2, -0.15) is 0 Å². The van der Waals surface area contributed by atoms with E-state index in [-0.39, 0.29) is 12.1 Å². The van der Waals surface area contributed by atoms with Crippen LogP contribution < -0.4 is 9.47 Å². The number of likely N-dealkylation sites (N-methyl/N-ethyl adjacent to an activating group) is 1. The molecule has 1 unspecified atom stereocenters. The molecule has 190 valence electrons. The van der Waals surface area contributed by atoms with Crippen molar-refractivity contribution in [3.05, 3.63) is 58.7 Å². The molecule has 7 nitrogen and oxygen atoms in total. The molecule has 0 bridgehead atoms. The molecule has 0 aliphatic heterocycles. The highest BCUT2D eigenvalue weighted by molar-refractivity contribution is 5.85. The van der Waals surface area contributed by atoms with Crippen LogP contribution in [0.5, 0.6) is 11.5 Å². The van der Waals surface area contributed by atoms with Crippen LogP contribution in [-0.2, 0) is 21.4 Å². The van der Waals surface area contributed by atoms with E-state index in [1.165, 1.54) is 7.11 Å². The van der Waals surface area contributed by atoms with Crippen molar-refractivity contribution >= 4 is 18.5 Å². The first-order valence-electron chi connectivity index (χ1n) is 11.8. The summed E-state index contributed by atoms with van der Waals surface area (Å²) in [5, 5.41) is 0. The van der Waals surface area contributed by atoms with Crippen LogP contribution in [0.3, 0.4) is 0 Å². The molecule has 0 aliphatic rings. The van der Waals surface area contributed by atoms with Gasteiger partial charge >= 0.3 is 5.97 Å². The zero-order valence-corrected chi connectivity index (χ0v) is 21.6. The van der Waals surface area contributed by atoms with Crippen LogP contribution in [0.25, 0.3) is 0 Å². The third-order valence-electron chi connectivity index (χ3n) is 6.21. The number of esters is 1. The normalized spacial score (nSPS) is 12.8. The number of carbonyl (C=O) groups is 3. The van der Waals surface area contributed by atoms with E-state index in [9.17, 15) is 14.4 Å². The Labute approximate surface area is 208 Å². The lowest BCUT2D eigenvalue weighted by Gasteiger charge is -2.30. The SMILES string of the molecule is COc1cc(CCN(C)CCCC(C)(C(=O)OC(C)C)c2ccc(C=O)c(OC)c2)ccc1C=O. The van der Waals surface area contributed by atoms with E-state index < -0.39 is 5.41 Å². The van der Waals surface area contributed by atoms with Crippen molar-refractivity contribution < 1.29 is 28.6 Å². The molecule has 0 fully saturated rings. The molecule has 0 heterocycles. The molecule has 0 saturated carbocycles. The molecule has 35 heavy (non-hydrogen) atoms. The minimum atomic E-state index is -0.877. The Morgan fingerprint density at radius 2 is 1.57 bits per heavy atom. The van der Waals surface area contributed by atoms with Gasteiger partial charge in [-0.25, -0.2) is 0 Å². The standard InChI is InChI=1S/C28H37NO6/c1-20(2)35-27(32)28(3,24-11-10-23(19-31)26(17-24)34-6)13-7-14-29(4)15-12-21-8-9-22(18-30)25(16-21)33-5/h8-11,16-20H,7,12-15H2,1-6H3. The highest BCUT2D eigenvalue weighted by atomic mass is 16.5. The molecule has 0 saturated heterocycles. The number of carbonyl (C=O) groups excluding carboxylic acids is 3. The van der Waals surface area contributed by atoms with Gasteiger partial charge in [0, 0.05) is 6.54 Å². The molecular formula is C28H37NO6. The molecule has 2 aromatic carbocycles. The smallest absolute Gasteiger partial charge is 0.316 e. The van der Waals surface area contributed by atoms with E-state index in [4.69, 9.17) is 14.2 Å². The van der Waals surface area contributed by atoms with Crippen molar-refractivity contribution in [3.63, 3.8) is 0 Å². The summed E-state index contributed by atoms with van der Waals surface area (Å²) in [6.45, 7) is 7.15. The van der Waals surface area contributed by atoms with Crippen molar-refractivity contribution in [2.45, 2.75) is 51.6 Å². The van der Waals surface area contributed by atoms with Crippen molar-refractivity contribution in [2.75, 3.05) is 34.4 Å². The lowest BCUT2D eigenvalue weighted by Crippen LogP contribution is -2.37. The summed E-state index contributed by atoms with van der Waals surface area (Å²) in [4.78, 5) is 37.8. The van der Waals surface area contributed by atoms with Gasteiger partial charge < -0.3 is 19.1 Å². The minimum Gasteiger partial charge on any atom is -0.496 e. The van der Waals surface area contributed by atoms with Crippen molar-refractivity contribution in [3.8, 4) is 11.5 Å². The lowest BCUT2D eigenvalue weighted by molar-refractivity contribution is -0.154. The Kier molecular flexibility index (Phi) is 10.5. The van der Waals surface area contributed by atoms with Crippen molar-refractivity contribution in [2.24, 2.45) is 0 Å². The zero-order valence-electron chi connectivity index (χ0n) is 21.6. The van der Waals surface area contributed by atoms with Crippen LogP contribution in [0.4, 0.5) is 0 Å². The van der Waals surface area contributed by atoms with Gasteiger partial charge in [0.2, 0.25) is 0 Å². The van der Waals surface area contributed by atoms with Gasteiger partial charge in [0.05, 0.1) is 36.9 Å². The number of nitrogens with zero attached hydrogens (tertiary/aromatic N) is 1. The number of hydrogen-bond acceptors (Lipinski definition) is 7. The summed E-state index contributed by atoms with van der Waals surface area (Å²) in [6.07, 6.45) is 3.45. The highest BCUT2D eigenvalue weighted by Gasteiger charge is 2.37. The summed E-state index contributed by atoms with van der Waals surface area (Å²) in [5.41, 5.74) is 1.95. The number of ether oxygens (including phenoxy) is 3. The third-order valence-corrected chi connectivity index (χ3v) is 6.21. The van der Waals surface area contributed by atoms with Crippen LogP contribution in [-0.4, -0.2) is 63.9 Å². The third kappa shape index (κ3) is 7.39. The van der Waals surface area contributed by atoms with Gasteiger partial charge in [-0.3, -0.25) is 14.4 Å². The van der Waals surface area contributed by atoms with Crippen LogP contribution in [0.15, 0.2) is 36.4 Å². The summed E-state index contributed by atoms with van der Waals surface area (Å²) < 4.78 is 16.3. The van der Waals surface area contributed by atoms with E-state index in [0.717, 1.165) is 49.6 Å². The second-order valence-corrected chi connectivity index (χ2v) is 9.21. The first kappa shape index (κ1) is 28.1. The van der Waals surface area contributed by atoms with E-state index >= 15 is 0 Å². The topological polar surface area (TPSA) is 82.1 Å². The molecule has 0 amide bonds. The van der Waals surface area contributed by atoms with E-state index in [0.29, 0.717) is 29.0 Å². The first-order chi connectivity index (χ1) is 16.7. The largest absolute Gasteiger partial charge is 0.496 e. The average Bonchev–Trinajstić information content (AvgIpc) is 2.86. The van der Waals surface area contributed by atoms with Gasteiger partial charge in [0.15, 0.2) is 12.6 Å². The Bertz CT molecular complexity index is 1020. The number of benzene rings is 2. The molecule has 7 heteroatoms. The average molecular weight is 484 g/mol. The summed E-state index contributed by atoms with van der Waals surface area (Å²) in [7, 11) is 5.11. The first-order valence-corrected chi connectivity index (χ1v) is 11.8. The van der Waals surface area contributed by atoms with Gasteiger partial charge in [-0.1, -0.05) is 12.1 Å². The van der Waals surface area contributed by atoms with E-state index in [1.54, 1.807) is 31.4 Å². The molecular weight excluding hydrogens is 446 g/mol. The number of aldehydes is 2. The maximum absolute atomic E-state index is 13.1. The molecule has 2 aromatic rings. The van der Waals surface area contributed by atoms with Gasteiger partial charge in [-0.05, 0) is 89.0 Å². The fourth-order valence-corrected chi connectivity index (χ4v) is 4.00. The highest BCUT2D eigenvalue weighted by Crippen LogP contribution is 2.34. The van der Waals surface area contributed by atoms with Crippen LogP contribution in [0.1, 0.15) is 65.5 Å². The molecule has 0 N–H and O–H groups in total. The van der Waals surface area contributed by atoms with Crippen LogP contribution in [0.2, 0.25) is 0 Å². The molecule has 0 radical (unpaired) electrons. The monoisotopic (exact) mass is 483 g/mol. The second kappa shape index (κ2) is 13.0. The predicted octanol–water partition coefficient (Wildman–Crippen LogP) is 4.49. The molecule has 0 aromatic heterocycles. The quantitative estimate of drug-likeness (QED) is 0.289. The van der Waals surface area contributed by atoms with Gasteiger partial charge in [0.1, 0.15) is 11.5 Å². The zero-order chi connectivity index (χ0) is 26.0. The Morgan fingerprint density at radius 3 is 2.14 bits per heavy atom. The fraction of sp³-hybridized carbons (Fsp3) is 0.464. The second-order valence-electron chi connectivity index (χ2n) is 9.21. The van der Waals surface area contributed by atoms with Gasteiger partial charge in [0.25, 0.3) is 0 Å². The Balaban J connectivity index is 2.08. The van der Waals surface area contributed by atoms with E-state index in [2.05, 4.69) is 4.90 Å². The summed E-state index contributed by atoms with van der Waals surface area (Å²) >= 11 is 0. The maximum atomic E-state index is 13.1. The summed E-state index contributed by atoms with van der Waals surface area (Å²) in [5.74, 6) is 0.725.